The number of fused-ring (bicyclic) bond motifs is 1. The Morgan fingerprint density at radius 1 is 1.20 bits per heavy atom. The zero-order valence-electron chi connectivity index (χ0n) is 24.9. The number of para-hydroxylation sites is 1. The van der Waals surface area contributed by atoms with E-state index in [0.717, 1.165) is 23.1 Å². The first kappa shape index (κ1) is 31.6. The highest BCUT2D eigenvalue weighted by molar-refractivity contribution is 7.99. The first-order chi connectivity index (χ1) is 21.6. The fourth-order valence-electron chi connectivity index (χ4n) is 5.02. The second-order valence-corrected chi connectivity index (χ2v) is 12.0. The molecule has 1 aliphatic heterocycles. The van der Waals surface area contributed by atoms with Crippen molar-refractivity contribution in [3.8, 4) is 5.75 Å². The molecule has 0 bridgehead atoms. The topological polar surface area (TPSA) is 159 Å². The van der Waals surface area contributed by atoms with Crippen LogP contribution in [-0.4, -0.2) is 39.1 Å². The number of nitrogens with zero attached hydrogens (tertiary/aromatic N) is 4. The van der Waals surface area contributed by atoms with Crippen molar-refractivity contribution in [1.82, 2.24) is 14.5 Å². The van der Waals surface area contributed by atoms with Crippen molar-refractivity contribution in [1.29, 1.82) is 0 Å². The average molecular weight is 648 g/mol. The van der Waals surface area contributed by atoms with Crippen LogP contribution in [0.25, 0.3) is 6.08 Å². The first-order valence-corrected chi connectivity index (χ1v) is 15.7. The lowest BCUT2D eigenvalue weighted by atomic mass is 9.93. The Bertz CT molecular complexity index is 2080. The number of aromatic amines is 1. The smallest absolute Gasteiger partial charge is 0.338 e. The summed E-state index contributed by atoms with van der Waals surface area (Å²) in [5.41, 5.74) is 1.28. The number of ether oxygens (including phenoxy) is 2. The van der Waals surface area contributed by atoms with Crippen molar-refractivity contribution in [3.63, 3.8) is 0 Å². The van der Waals surface area contributed by atoms with Crippen LogP contribution in [0.15, 0.2) is 84.4 Å². The zero-order valence-corrected chi connectivity index (χ0v) is 26.5. The van der Waals surface area contributed by atoms with Crippen LogP contribution in [0.1, 0.15) is 49.6 Å². The second-order valence-electron chi connectivity index (χ2n) is 9.93. The molecular formula is C31H29N5O7S2. The number of nitrogens with one attached hydrogen (secondary N) is 1. The van der Waals surface area contributed by atoms with Crippen molar-refractivity contribution in [3.05, 3.63) is 117 Å². The molecule has 0 radical (unpaired) electrons. The molecule has 0 aliphatic carbocycles. The summed E-state index contributed by atoms with van der Waals surface area (Å²) in [6, 6.07) is 12.2. The van der Waals surface area contributed by atoms with Gasteiger partial charge in [-0.15, -0.1) is 0 Å². The molecule has 1 aliphatic rings. The maximum atomic E-state index is 14.1. The van der Waals surface area contributed by atoms with E-state index >= 15 is 0 Å². The van der Waals surface area contributed by atoms with Gasteiger partial charge >= 0.3 is 5.97 Å². The minimum absolute atomic E-state index is 0.147. The Kier molecular flexibility index (Phi) is 9.44. The zero-order chi connectivity index (χ0) is 32.2. The number of methoxy groups -OCH3 is 1. The van der Waals surface area contributed by atoms with Crippen molar-refractivity contribution in [2.45, 2.75) is 49.7 Å². The number of nitro groups is 1. The summed E-state index contributed by atoms with van der Waals surface area (Å²) in [6.07, 6.45) is 2.75. The molecule has 12 nitrogen and oxygen atoms in total. The molecule has 0 saturated heterocycles. The van der Waals surface area contributed by atoms with Crippen molar-refractivity contribution in [2.75, 3.05) is 13.7 Å². The summed E-state index contributed by atoms with van der Waals surface area (Å²) >= 11 is 2.09. The van der Waals surface area contributed by atoms with E-state index in [1.54, 1.807) is 56.3 Å². The highest BCUT2D eigenvalue weighted by Gasteiger charge is 2.35. The second kappa shape index (κ2) is 13.4. The van der Waals surface area contributed by atoms with Crippen LogP contribution in [0, 0.1) is 17.0 Å². The van der Waals surface area contributed by atoms with Crippen LogP contribution in [0.4, 0.5) is 5.69 Å². The average Bonchev–Trinajstić information content (AvgIpc) is 3.30. The number of hydrogen-bond acceptors (Lipinski definition) is 11. The van der Waals surface area contributed by atoms with Gasteiger partial charge in [0.25, 0.3) is 16.8 Å². The number of hydrogen-bond donors (Lipinski definition) is 1. The van der Waals surface area contributed by atoms with Gasteiger partial charge < -0.3 is 14.5 Å². The number of aryl methyl sites for hydroxylation is 1. The van der Waals surface area contributed by atoms with Crippen LogP contribution < -0.4 is 25.2 Å². The molecule has 232 valence electrons. The molecule has 0 amide bonds. The molecule has 0 saturated carbocycles. The molecule has 45 heavy (non-hydrogen) atoms. The molecule has 0 fully saturated rings. The van der Waals surface area contributed by atoms with Gasteiger partial charge in [0.05, 0.1) is 39.3 Å². The van der Waals surface area contributed by atoms with Crippen molar-refractivity contribution in [2.24, 2.45) is 4.99 Å². The normalized spacial score (nSPS) is 14.6. The summed E-state index contributed by atoms with van der Waals surface area (Å²) in [5.74, 6) is -0.0761. The van der Waals surface area contributed by atoms with E-state index in [-0.39, 0.29) is 38.0 Å². The van der Waals surface area contributed by atoms with Gasteiger partial charge in [-0.3, -0.25) is 24.3 Å². The first-order valence-electron chi connectivity index (χ1n) is 14.0. The van der Waals surface area contributed by atoms with Gasteiger partial charge in [-0.2, -0.15) is 0 Å². The summed E-state index contributed by atoms with van der Waals surface area (Å²) in [4.78, 5) is 63.1. The predicted molar refractivity (Wildman–Crippen MR) is 169 cm³/mol. The Balaban J connectivity index is 1.67. The highest BCUT2D eigenvalue weighted by atomic mass is 32.2. The third-order valence-electron chi connectivity index (χ3n) is 6.86. The molecule has 4 aromatic rings. The van der Waals surface area contributed by atoms with Gasteiger partial charge in [0.15, 0.2) is 9.96 Å². The number of thiazole rings is 1. The van der Waals surface area contributed by atoms with Gasteiger partial charge in [0.1, 0.15) is 11.8 Å². The minimum atomic E-state index is -0.864. The van der Waals surface area contributed by atoms with E-state index in [1.807, 2.05) is 6.92 Å². The molecular weight excluding hydrogens is 619 g/mol. The quantitative estimate of drug-likeness (QED) is 0.116. The summed E-state index contributed by atoms with van der Waals surface area (Å²) in [7, 11) is 1.52. The van der Waals surface area contributed by atoms with Crippen LogP contribution in [-0.2, 0) is 9.53 Å². The summed E-state index contributed by atoms with van der Waals surface area (Å²) < 4.78 is 12.8. The fraction of sp³-hybridized carbons (Fsp3) is 0.258. The third kappa shape index (κ3) is 6.51. The number of esters is 1. The van der Waals surface area contributed by atoms with E-state index in [9.17, 15) is 24.5 Å². The maximum Gasteiger partial charge on any atom is 0.338 e. The Labute approximate surface area is 264 Å². The number of nitro benzene ring substituents is 1. The van der Waals surface area contributed by atoms with Crippen LogP contribution in [0.3, 0.4) is 0 Å². The highest BCUT2D eigenvalue weighted by Crippen LogP contribution is 2.37. The third-order valence-corrected chi connectivity index (χ3v) is 8.79. The SMILES string of the molecule is CCCC1=C(C(=O)OCC)[C@@H](c2ccccc2OC)n2c(s/c(=C/c3ccc(Sc4nc(C)cc(=O)[nH]4)c([N+](=O)[O-])c3)c2=O)=N1. The van der Waals surface area contributed by atoms with E-state index < -0.39 is 22.5 Å². The minimum Gasteiger partial charge on any atom is -0.496 e. The summed E-state index contributed by atoms with van der Waals surface area (Å²) in [6.45, 7) is 5.49. The maximum absolute atomic E-state index is 14.1. The molecule has 1 atom stereocenters. The van der Waals surface area contributed by atoms with Crippen LogP contribution in [0.2, 0.25) is 0 Å². The van der Waals surface area contributed by atoms with Gasteiger partial charge in [-0.1, -0.05) is 48.9 Å². The lowest BCUT2D eigenvalue weighted by molar-refractivity contribution is -0.387. The molecule has 2 aromatic heterocycles. The Hall–Kier alpha value is -4.82. The number of rotatable bonds is 10. The van der Waals surface area contributed by atoms with Gasteiger partial charge in [-0.05, 0) is 55.8 Å². The predicted octanol–water partition coefficient (Wildman–Crippen LogP) is 4.04. The lowest BCUT2D eigenvalue weighted by Gasteiger charge is -2.26. The molecule has 0 unspecified atom stereocenters. The Morgan fingerprint density at radius 2 is 1.98 bits per heavy atom. The molecule has 14 heteroatoms. The Morgan fingerprint density at radius 3 is 2.67 bits per heavy atom. The number of carbonyl (C=O) groups is 1. The molecule has 3 heterocycles. The number of carbonyl (C=O) groups excluding carboxylic acids is 1. The van der Waals surface area contributed by atoms with Crippen molar-refractivity contribution < 1.29 is 19.2 Å². The van der Waals surface area contributed by atoms with Gasteiger partial charge in [0.2, 0.25) is 0 Å². The van der Waals surface area contributed by atoms with E-state index in [4.69, 9.17) is 14.5 Å². The molecule has 1 N–H and O–H groups in total. The molecule has 0 spiro atoms. The summed E-state index contributed by atoms with van der Waals surface area (Å²) in [5, 5.41) is 12.3. The number of H-pyrrole nitrogens is 1. The number of benzene rings is 2. The van der Waals surface area contributed by atoms with E-state index in [1.165, 1.54) is 23.8 Å². The van der Waals surface area contributed by atoms with Crippen molar-refractivity contribution >= 4 is 40.8 Å². The van der Waals surface area contributed by atoms with E-state index in [0.29, 0.717) is 45.9 Å². The number of aromatic nitrogens is 3. The largest absolute Gasteiger partial charge is 0.496 e. The molecule has 2 aromatic carbocycles. The lowest BCUT2D eigenvalue weighted by Crippen LogP contribution is -2.40. The fourth-order valence-corrected chi connectivity index (χ4v) is 6.96. The number of allylic oxidation sites excluding steroid dienone is 1. The van der Waals surface area contributed by atoms with Crippen LogP contribution >= 0.6 is 23.1 Å². The van der Waals surface area contributed by atoms with Crippen LogP contribution in [0.5, 0.6) is 5.75 Å². The standard InChI is InChI=1S/C31H29N5O7S2/c1-5-9-20-26(29(39)43-6-2)27(19-10-7-8-11-22(19)42-4)35-28(38)24(45-31(35)33-20)16-18-12-13-23(21(15-18)36(40)41)44-30-32-17(3)14-25(37)34-30/h7-8,10-16,27H,5-6,9H2,1-4H3,(H,32,34,37)/b24-16+/t27-/m1/s1. The monoisotopic (exact) mass is 647 g/mol. The van der Waals surface area contributed by atoms with E-state index in [2.05, 4.69) is 9.97 Å². The van der Waals surface area contributed by atoms with Gasteiger partial charge in [-0.25, -0.2) is 14.8 Å². The molecule has 5 rings (SSSR count). The van der Waals surface area contributed by atoms with Gasteiger partial charge in [0, 0.05) is 23.4 Å².